The Balaban J connectivity index is 3.13. The number of barbiturate groups is 1. The summed E-state index contributed by atoms with van der Waals surface area (Å²) in [5.74, 6) is -1.96. The summed E-state index contributed by atoms with van der Waals surface area (Å²) in [4.78, 5) is 46.3. The number of carbonyl (C=O) groups excluding carboxylic acids is 4. The highest BCUT2D eigenvalue weighted by Gasteiger charge is 2.53. The van der Waals surface area contributed by atoms with Crippen LogP contribution in [-0.2, 0) is 14.4 Å². The minimum Gasteiger partial charge on any atom is -0.299 e. The lowest BCUT2D eigenvalue weighted by molar-refractivity contribution is -0.150. The fourth-order valence-electron chi connectivity index (χ4n) is 1.81. The molecule has 0 aromatic carbocycles. The fourth-order valence-corrected chi connectivity index (χ4v) is 2.08. The highest BCUT2D eigenvalue weighted by Crippen LogP contribution is 2.34. The Morgan fingerprint density at radius 2 is 1.71 bits per heavy atom. The number of urea groups is 1. The third kappa shape index (κ3) is 2.48. The van der Waals surface area contributed by atoms with Gasteiger partial charge in [0.2, 0.25) is 11.8 Å². The van der Waals surface area contributed by atoms with Gasteiger partial charge in [-0.05, 0) is 5.92 Å². The number of halogens is 1. The van der Waals surface area contributed by atoms with Gasteiger partial charge in [-0.25, -0.2) is 4.79 Å². The molecule has 0 atom stereocenters. The molecule has 1 heterocycles. The van der Waals surface area contributed by atoms with Gasteiger partial charge in [-0.2, -0.15) is 0 Å². The Morgan fingerprint density at radius 3 is 2.06 bits per heavy atom. The highest BCUT2D eigenvalue weighted by molar-refractivity contribution is 14.1. The summed E-state index contributed by atoms with van der Waals surface area (Å²) in [6, 6.07) is -0.835. The van der Waals surface area contributed by atoms with Crippen molar-refractivity contribution in [2.24, 2.45) is 11.3 Å². The van der Waals surface area contributed by atoms with Crippen molar-refractivity contribution >= 4 is 46.2 Å². The van der Waals surface area contributed by atoms with Crippen molar-refractivity contribution in [1.29, 1.82) is 0 Å². The largest absolute Gasteiger partial charge is 0.328 e. The van der Waals surface area contributed by atoms with Gasteiger partial charge in [0.1, 0.15) is 11.2 Å². The van der Waals surface area contributed by atoms with Crippen LogP contribution < -0.4 is 10.6 Å². The Morgan fingerprint density at radius 1 is 1.24 bits per heavy atom. The standard InChI is InChI=1S/C10H13IN2O4/c1-5(2)10(3-6(14)4-11)7(15)12-9(17)13-8(10)16/h5H,3-4H2,1-2H3,(H2,12,13,15,16,17). The average Bonchev–Trinajstić information content (AvgIpc) is 2.22. The summed E-state index contributed by atoms with van der Waals surface area (Å²) < 4.78 is 0.223. The second-order valence-corrected chi connectivity index (χ2v) is 4.98. The summed E-state index contributed by atoms with van der Waals surface area (Å²) in [5.41, 5.74) is -1.48. The lowest BCUT2D eigenvalue weighted by atomic mass is 9.71. The molecular weight excluding hydrogens is 339 g/mol. The van der Waals surface area contributed by atoms with Crippen molar-refractivity contribution in [1.82, 2.24) is 10.6 Å². The van der Waals surface area contributed by atoms with E-state index in [-0.39, 0.29) is 22.5 Å². The number of carbonyl (C=O) groups is 4. The topological polar surface area (TPSA) is 92.3 Å². The van der Waals surface area contributed by atoms with Crippen LogP contribution in [-0.4, -0.2) is 28.1 Å². The molecule has 1 aliphatic heterocycles. The van der Waals surface area contributed by atoms with E-state index in [1.165, 1.54) is 0 Å². The summed E-state index contributed by atoms with van der Waals surface area (Å²) in [5, 5.41) is 4.09. The Bertz CT molecular complexity index is 372. The molecular formula is C10H13IN2O4. The second kappa shape index (κ2) is 5.11. The molecule has 0 aromatic heterocycles. The normalized spacial score (nSPS) is 18.9. The number of alkyl halides is 1. The fraction of sp³-hybridized carbons (Fsp3) is 0.600. The van der Waals surface area contributed by atoms with E-state index < -0.39 is 23.3 Å². The maximum Gasteiger partial charge on any atom is 0.328 e. The van der Waals surface area contributed by atoms with E-state index in [4.69, 9.17) is 0 Å². The first-order chi connectivity index (χ1) is 7.84. The SMILES string of the molecule is CC(C)C1(CC(=O)CI)C(=O)NC(=O)NC1=O. The van der Waals surface area contributed by atoms with Crippen LogP contribution in [0.3, 0.4) is 0 Å². The molecule has 0 radical (unpaired) electrons. The molecule has 2 N–H and O–H groups in total. The van der Waals surface area contributed by atoms with Gasteiger partial charge in [0.05, 0.1) is 4.43 Å². The van der Waals surface area contributed by atoms with Gasteiger partial charge < -0.3 is 0 Å². The Labute approximate surface area is 112 Å². The molecule has 17 heavy (non-hydrogen) atoms. The van der Waals surface area contributed by atoms with E-state index in [0.29, 0.717) is 0 Å². The van der Waals surface area contributed by atoms with Crippen LogP contribution in [0.2, 0.25) is 0 Å². The van der Waals surface area contributed by atoms with Crippen LogP contribution in [0, 0.1) is 11.3 Å². The first kappa shape index (κ1) is 14.1. The number of nitrogens with one attached hydrogen (secondary N) is 2. The smallest absolute Gasteiger partial charge is 0.299 e. The molecule has 1 saturated heterocycles. The summed E-state index contributed by atoms with van der Waals surface area (Å²) in [6.45, 7) is 3.35. The van der Waals surface area contributed by atoms with Crippen LogP contribution in [0.15, 0.2) is 0 Å². The van der Waals surface area contributed by atoms with Gasteiger partial charge in [-0.1, -0.05) is 36.4 Å². The number of imide groups is 2. The van der Waals surface area contributed by atoms with E-state index in [1.807, 2.05) is 33.2 Å². The minimum atomic E-state index is -1.48. The Hall–Kier alpha value is -0.990. The number of ketones is 1. The van der Waals surface area contributed by atoms with Crippen molar-refractivity contribution in [2.75, 3.05) is 4.43 Å². The molecule has 6 nitrogen and oxygen atoms in total. The molecule has 0 unspecified atom stereocenters. The van der Waals surface area contributed by atoms with Crippen LogP contribution in [0.25, 0.3) is 0 Å². The zero-order chi connectivity index (χ0) is 13.2. The number of Topliss-reactive ketones (excluding diaryl/α,β-unsaturated/α-hetero) is 1. The van der Waals surface area contributed by atoms with Crippen LogP contribution in [0.1, 0.15) is 20.3 Å². The first-order valence-corrected chi connectivity index (χ1v) is 6.61. The lowest BCUT2D eigenvalue weighted by Crippen LogP contribution is -2.64. The first-order valence-electron chi connectivity index (χ1n) is 5.09. The summed E-state index contributed by atoms with van der Waals surface area (Å²) >= 11 is 1.88. The maximum atomic E-state index is 11.9. The van der Waals surface area contributed by atoms with Gasteiger partial charge in [0.25, 0.3) is 0 Å². The van der Waals surface area contributed by atoms with Crippen LogP contribution in [0.4, 0.5) is 4.79 Å². The van der Waals surface area contributed by atoms with E-state index in [0.717, 1.165) is 0 Å². The number of hydrogen-bond acceptors (Lipinski definition) is 4. The van der Waals surface area contributed by atoms with Gasteiger partial charge in [-0.15, -0.1) is 0 Å². The van der Waals surface area contributed by atoms with Crippen molar-refractivity contribution in [3.8, 4) is 0 Å². The van der Waals surface area contributed by atoms with Gasteiger partial charge >= 0.3 is 6.03 Å². The zero-order valence-corrected chi connectivity index (χ0v) is 11.7. The summed E-state index contributed by atoms with van der Waals surface area (Å²) in [6.07, 6.45) is -0.182. The predicted molar refractivity (Wildman–Crippen MR) is 67.5 cm³/mol. The van der Waals surface area contributed by atoms with Crippen LogP contribution in [0.5, 0.6) is 0 Å². The second-order valence-electron chi connectivity index (χ2n) is 4.21. The quantitative estimate of drug-likeness (QED) is 0.435. The van der Waals surface area contributed by atoms with E-state index in [9.17, 15) is 19.2 Å². The molecule has 0 aromatic rings. The molecule has 1 fully saturated rings. The molecule has 0 aliphatic carbocycles. The molecule has 0 bridgehead atoms. The van der Waals surface area contributed by atoms with Crippen LogP contribution >= 0.6 is 22.6 Å². The number of amides is 4. The average molecular weight is 352 g/mol. The third-order valence-electron chi connectivity index (χ3n) is 2.88. The van der Waals surface area contributed by atoms with E-state index in [2.05, 4.69) is 0 Å². The molecule has 1 aliphatic rings. The number of hydrogen-bond donors (Lipinski definition) is 2. The molecule has 7 heteroatoms. The summed E-state index contributed by atoms with van der Waals surface area (Å²) in [7, 11) is 0. The highest BCUT2D eigenvalue weighted by atomic mass is 127. The number of rotatable bonds is 4. The van der Waals surface area contributed by atoms with Crippen molar-refractivity contribution in [2.45, 2.75) is 20.3 Å². The molecule has 94 valence electrons. The van der Waals surface area contributed by atoms with Crippen molar-refractivity contribution in [3.63, 3.8) is 0 Å². The third-order valence-corrected chi connectivity index (χ3v) is 3.73. The van der Waals surface area contributed by atoms with Crippen molar-refractivity contribution < 1.29 is 19.2 Å². The molecule has 1 rings (SSSR count). The molecule has 0 spiro atoms. The Kier molecular flexibility index (Phi) is 4.23. The predicted octanol–water partition coefficient (Wildman–Crippen LogP) is 0.389. The van der Waals surface area contributed by atoms with Gasteiger partial charge in [-0.3, -0.25) is 25.0 Å². The monoisotopic (exact) mass is 352 g/mol. The van der Waals surface area contributed by atoms with E-state index in [1.54, 1.807) is 13.8 Å². The molecule has 4 amide bonds. The maximum absolute atomic E-state index is 11.9. The van der Waals surface area contributed by atoms with Gasteiger partial charge in [0.15, 0.2) is 0 Å². The lowest BCUT2D eigenvalue weighted by Gasteiger charge is -2.36. The zero-order valence-electron chi connectivity index (χ0n) is 9.50. The van der Waals surface area contributed by atoms with Crippen molar-refractivity contribution in [3.05, 3.63) is 0 Å². The van der Waals surface area contributed by atoms with Gasteiger partial charge in [0, 0.05) is 6.42 Å². The van der Waals surface area contributed by atoms with E-state index >= 15 is 0 Å². The minimum absolute atomic E-state index is 0.182. The molecule has 0 saturated carbocycles.